The third kappa shape index (κ3) is 1.91. The van der Waals surface area contributed by atoms with Crippen LogP contribution in [0.2, 0.25) is 5.02 Å². The average molecular weight is 360 g/mol. The first kappa shape index (κ1) is 15.1. The molecule has 0 amide bonds. The third-order valence-electron chi connectivity index (χ3n) is 3.36. The van der Waals surface area contributed by atoms with Gasteiger partial charge in [0.15, 0.2) is 11.5 Å². The smallest absolute Gasteiger partial charge is 0.359 e. The summed E-state index contributed by atoms with van der Waals surface area (Å²) in [4.78, 5) is 11.9. The molecule has 0 saturated heterocycles. The summed E-state index contributed by atoms with van der Waals surface area (Å²) in [5.41, 5.74) is -0.410. The van der Waals surface area contributed by atoms with E-state index in [0.29, 0.717) is 15.1 Å². The van der Waals surface area contributed by atoms with Crippen LogP contribution in [-0.4, -0.2) is 38.0 Å². The molecule has 6 nitrogen and oxygen atoms in total. The number of nitrogens with zero attached hydrogens (tertiary/aromatic N) is 1. The van der Waals surface area contributed by atoms with E-state index in [1.165, 1.54) is 7.05 Å². The largest absolute Gasteiger partial charge is 0.504 e. The molecule has 0 fully saturated rings. The number of hydrogen-bond donors (Lipinski definition) is 1. The zero-order chi connectivity index (χ0) is 16.2. The summed E-state index contributed by atoms with van der Waals surface area (Å²) in [5.74, 6) is -1.35. The predicted molar refractivity (Wildman–Crippen MR) is 83.3 cm³/mol. The van der Waals surface area contributed by atoms with E-state index in [1.54, 1.807) is 18.2 Å². The number of sulfonamides is 1. The topological polar surface area (TPSA) is 83.9 Å². The van der Waals surface area contributed by atoms with Crippen LogP contribution in [-0.2, 0) is 19.6 Å². The number of benzene rings is 1. The number of rotatable bonds is 1. The van der Waals surface area contributed by atoms with Crippen LogP contribution in [0.1, 0.15) is 4.88 Å². The summed E-state index contributed by atoms with van der Waals surface area (Å²) in [5, 5.41) is 11.2. The lowest BCUT2D eigenvalue weighted by Gasteiger charge is -2.26. The van der Waals surface area contributed by atoms with Crippen molar-refractivity contribution in [3.8, 4) is 0 Å². The maximum absolute atomic E-state index is 12.7. The van der Waals surface area contributed by atoms with Crippen LogP contribution >= 0.6 is 22.9 Å². The van der Waals surface area contributed by atoms with E-state index in [9.17, 15) is 18.3 Å². The molecule has 2 heterocycles. The predicted octanol–water partition coefficient (Wildman–Crippen LogP) is 2.59. The first-order valence-electron chi connectivity index (χ1n) is 6.02. The van der Waals surface area contributed by atoms with Crippen LogP contribution in [0, 0.1) is 0 Å². The van der Waals surface area contributed by atoms with Gasteiger partial charge in [-0.3, -0.25) is 4.31 Å². The van der Waals surface area contributed by atoms with Crippen LogP contribution < -0.4 is 0 Å². The van der Waals surface area contributed by atoms with Gasteiger partial charge in [0.05, 0.1) is 12.0 Å². The van der Waals surface area contributed by atoms with Crippen LogP contribution in [0.25, 0.3) is 15.8 Å². The molecule has 9 heteroatoms. The molecule has 3 rings (SSSR count). The van der Waals surface area contributed by atoms with Gasteiger partial charge in [-0.25, -0.2) is 13.2 Å². The summed E-state index contributed by atoms with van der Waals surface area (Å²) in [6, 6.07) is 4.76. The van der Waals surface area contributed by atoms with Crippen molar-refractivity contribution in [3.63, 3.8) is 0 Å². The molecule has 0 aliphatic carbocycles. The molecule has 0 unspecified atom stereocenters. The van der Waals surface area contributed by atoms with Gasteiger partial charge in [-0.1, -0.05) is 17.7 Å². The number of carbonyl (C=O) groups is 1. The minimum absolute atomic E-state index is 0.0307. The van der Waals surface area contributed by atoms with E-state index in [-0.39, 0.29) is 9.77 Å². The number of aliphatic hydroxyl groups excluding tert-OH is 1. The highest BCUT2D eigenvalue weighted by atomic mass is 35.5. The fourth-order valence-electron chi connectivity index (χ4n) is 2.29. The minimum Gasteiger partial charge on any atom is -0.504 e. The molecule has 22 heavy (non-hydrogen) atoms. The highest BCUT2D eigenvalue weighted by Crippen LogP contribution is 2.45. The Bertz CT molecular complexity index is 945. The Kier molecular flexibility index (Phi) is 3.35. The third-order valence-corrected chi connectivity index (χ3v) is 6.73. The summed E-state index contributed by atoms with van der Waals surface area (Å²) in [6.45, 7) is 0. The molecule has 0 radical (unpaired) electrons. The summed E-state index contributed by atoms with van der Waals surface area (Å²) in [6.07, 6.45) is 0. The summed E-state index contributed by atoms with van der Waals surface area (Å²) < 4.78 is 31.3. The van der Waals surface area contributed by atoms with Crippen molar-refractivity contribution in [2.45, 2.75) is 4.90 Å². The van der Waals surface area contributed by atoms with Crippen molar-refractivity contribution in [1.29, 1.82) is 0 Å². The number of esters is 1. The van der Waals surface area contributed by atoms with Gasteiger partial charge in [0, 0.05) is 22.2 Å². The van der Waals surface area contributed by atoms with E-state index in [2.05, 4.69) is 4.74 Å². The molecule has 0 atom stereocenters. The van der Waals surface area contributed by atoms with Crippen molar-refractivity contribution in [2.75, 3.05) is 14.2 Å². The van der Waals surface area contributed by atoms with Gasteiger partial charge < -0.3 is 9.84 Å². The monoisotopic (exact) mass is 359 g/mol. The molecule has 1 aliphatic rings. The number of halogens is 1. The number of carbonyl (C=O) groups excluding carboxylic acids is 1. The van der Waals surface area contributed by atoms with Gasteiger partial charge in [-0.05, 0) is 12.1 Å². The quantitative estimate of drug-likeness (QED) is 0.791. The van der Waals surface area contributed by atoms with Crippen LogP contribution in [0.5, 0.6) is 0 Å². The molecule has 0 saturated carbocycles. The molecule has 0 bridgehead atoms. The number of fused-ring (bicyclic) bond motifs is 3. The Morgan fingerprint density at radius 2 is 2.09 bits per heavy atom. The highest BCUT2D eigenvalue weighted by Gasteiger charge is 2.41. The molecular weight excluding hydrogens is 350 g/mol. The van der Waals surface area contributed by atoms with Gasteiger partial charge in [0.2, 0.25) is 0 Å². The Balaban J connectivity index is 2.45. The number of aliphatic hydroxyl groups is 1. The van der Waals surface area contributed by atoms with Crippen LogP contribution in [0.3, 0.4) is 0 Å². The number of likely N-dealkylation sites (N-methyl/N-ethyl adjacent to an activating group) is 1. The van der Waals surface area contributed by atoms with Crippen molar-refractivity contribution >= 4 is 54.8 Å². The maximum atomic E-state index is 12.7. The van der Waals surface area contributed by atoms with Crippen molar-refractivity contribution in [1.82, 2.24) is 4.31 Å². The Hall–Kier alpha value is -1.77. The zero-order valence-corrected chi connectivity index (χ0v) is 13.8. The number of methoxy groups -OCH3 is 1. The summed E-state index contributed by atoms with van der Waals surface area (Å²) >= 11 is 6.97. The van der Waals surface area contributed by atoms with Gasteiger partial charge in [0.1, 0.15) is 4.90 Å². The summed E-state index contributed by atoms with van der Waals surface area (Å²) in [7, 11) is -1.66. The molecular formula is C13H10ClNO5S2. The van der Waals surface area contributed by atoms with Crippen LogP contribution in [0.4, 0.5) is 0 Å². The lowest BCUT2D eigenvalue weighted by atomic mass is 10.2. The van der Waals surface area contributed by atoms with Gasteiger partial charge in [-0.2, -0.15) is 0 Å². The number of thiophene rings is 1. The maximum Gasteiger partial charge on any atom is 0.359 e. The molecule has 1 aromatic carbocycles. The molecule has 1 N–H and O–H groups in total. The minimum atomic E-state index is -3.97. The average Bonchev–Trinajstić information content (AvgIpc) is 2.85. The second-order valence-corrected chi connectivity index (χ2v) is 7.96. The van der Waals surface area contributed by atoms with E-state index in [0.717, 1.165) is 22.8 Å². The Labute approximate surface area is 135 Å². The van der Waals surface area contributed by atoms with E-state index in [1.807, 2.05) is 0 Å². The fourth-order valence-corrected chi connectivity index (χ4v) is 5.58. The Morgan fingerprint density at radius 1 is 1.41 bits per heavy atom. The van der Waals surface area contributed by atoms with Crippen molar-refractivity contribution < 1.29 is 23.1 Å². The normalized spacial score (nSPS) is 16.8. The lowest BCUT2D eigenvalue weighted by Crippen LogP contribution is -2.35. The first-order valence-corrected chi connectivity index (χ1v) is 8.65. The highest BCUT2D eigenvalue weighted by molar-refractivity contribution is 7.89. The van der Waals surface area contributed by atoms with E-state index < -0.39 is 27.4 Å². The SMILES string of the molecule is COC(=O)C1=C(O)c2sc3cc(Cl)ccc3c2S(=O)(=O)N1C. The number of ether oxygens (including phenoxy) is 1. The Morgan fingerprint density at radius 3 is 2.73 bits per heavy atom. The molecule has 1 aromatic heterocycles. The second-order valence-electron chi connectivity index (χ2n) is 4.56. The second kappa shape index (κ2) is 4.87. The van der Waals surface area contributed by atoms with Crippen molar-refractivity contribution in [3.05, 3.63) is 33.8 Å². The van der Waals surface area contributed by atoms with Crippen molar-refractivity contribution in [2.24, 2.45) is 0 Å². The fraction of sp³-hybridized carbons (Fsp3) is 0.154. The van der Waals surface area contributed by atoms with Crippen LogP contribution in [0.15, 0.2) is 28.8 Å². The molecule has 0 spiro atoms. The zero-order valence-electron chi connectivity index (χ0n) is 11.5. The molecule has 2 aromatic rings. The molecule has 1 aliphatic heterocycles. The van der Waals surface area contributed by atoms with Gasteiger partial charge >= 0.3 is 5.97 Å². The van der Waals surface area contributed by atoms with Gasteiger partial charge in [-0.15, -0.1) is 11.3 Å². The molecule has 116 valence electrons. The first-order chi connectivity index (χ1) is 10.3. The van der Waals surface area contributed by atoms with Gasteiger partial charge in [0.25, 0.3) is 10.0 Å². The van der Waals surface area contributed by atoms with E-state index in [4.69, 9.17) is 11.6 Å². The van der Waals surface area contributed by atoms with E-state index >= 15 is 0 Å². The number of hydrogen-bond acceptors (Lipinski definition) is 6. The lowest BCUT2D eigenvalue weighted by molar-refractivity contribution is -0.137. The standard InChI is InChI=1S/C13H10ClNO5S2/c1-15-9(13(17)20-2)10(16)11-12(22(15,18)19)7-4-3-6(14)5-8(7)21-11/h3-5,16H,1-2H3.